The molecular weight excluding hydrogens is 503 g/mol. The van der Waals surface area contributed by atoms with E-state index in [1.807, 2.05) is 29.6 Å². The van der Waals surface area contributed by atoms with Crippen LogP contribution in [0.2, 0.25) is 0 Å². The molecule has 0 spiro atoms. The van der Waals surface area contributed by atoms with Gasteiger partial charge in [-0.25, -0.2) is 4.79 Å². The van der Waals surface area contributed by atoms with Crippen molar-refractivity contribution in [1.82, 2.24) is 9.80 Å². The average Bonchev–Trinajstić information content (AvgIpc) is 3.38. The monoisotopic (exact) mass is 533 g/mol. The highest BCUT2D eigenvalue weighted by atomic mass is 32.1. The summed E-state index contributed by atoms with van der Waals surface area (Å²) in [6.45, 7) is 10.6. The number of carboxylic acids is 1. The van der Waals surface area contributed by atoms with Gasteiger partial charge in [0.15, 0.2) is 0 Å². The quantitative estimate of drug-likeness (QED) is 0.434. The third-order valence-electron chi connectivity index (χ3n) is 6.02. The van der Waals surface area contributed by atoms with E-state index >= 15 is 0 Å². The number of thiophene rings is 1. The number of carbonyl (C=O) groups excluding carboxylic acids is 1. The first-order valence-corrected chi connectivity index (χ1v) is 12.6. The lowest BCUT2D eigenvalue weighted by molar-refractivity contribution is -0.192. The molecule has 0 radical (unpaired) electrons. The van der Waals surface area contributed by atoms with Gasteiger partial charge in [0.05, 0.1) is 4.88 Å². The number of aryl methyl sites for hydroxylation is 2. The van der Waals surface area contributed by atoms with Gasteiger partial charge in [0.25, 0.3) is 5.91 Å². The molecule has 198 valence electrons. The SMILES string of the molecule is Cc1ccc(CN2CCN(Cc3cccc(NC(=O)c4cccs4)c3)CC2)cc1C.O=C(O)C(F)(F)F. The fourth-order valence-corrected chi connectivity index (χ4v) is 4.49. The van der Waals surface area contributed by atoms with Crippen molar-refractivity contribution in [2.45, 2.75) is 33.1 Å². The Morgan fingerprint density at radius 3 is 2.00 bits per heavy atom. The van der Waals surface area contributed by atoms with Crippen LogP contribution in [0, 0.1) is 13.8 Å². The maximum Gasteiger partial charge on any atom is 0.490 e. The van der Waals surface area contributed by atoms with Crippen molar-refractivity contribution in [1.29, 1.82) is 0 Å². The van der Waals surface area contributed by atoms with Crippen LogP contribution >= 0.6 is 11.3 Å². The van der Waals surface area contributed by atoms with Crippen molar-refractivity contribution in [3.05, 3.63) is 87.1 Å². The number of anilines is 1. The summed E-state index contributed by atoms with van der Waals surface area (Å²) in [4.78, 5) is 27.0. The summed E-state index contributed by atoms with van der Waals surface area (Å²) in [6, 6.07) is 18.8. The zero-order chi connectivity index (χ0) is 27.0. The van der Waals surface area contributed by atoms with Crippen LogP contribution in [-0.4, -0.2) is 59.1 Å². The van der Waals surface area contributed by atoms with Crippen LogP contribution in [0.4, 0.5) is 18.9 Å². The van der Waals surface area contributed by atoms with Gasteiger partial charge in [0.1, 0.15) is 0 Å². The van der Waals surface area contributed by atoms with Crippen LogP contribution in [0.3, 0.4) is 0 Å². The number of rotatable bonds is 6. The Labute approximate surface area is 218 Å². The third-order valence-corrected chi connectivity index (χ3v) is 6.89. The molecule has 2 N–H and O–H groups in total. The number of nitrogens with one attached hydrogen (secondary N) is 1. The fraction of sp³-hybridized carbons (Fsp3) is 0.333. The molecule has 0 atom stereocenters. The summed E-state index contributed by atoms with van der Waals surface area (Å²) >= 11 is 1.46. The summed E-state index contributed by atoms with van der Waals surface area (Å²) < 4.78 is 31.7. The summed E-state index contributed by atoms with van der Waals surface area (Å²) in [5, 5.41) is 12.1. The molecule has 1 aromatic heterocycles. The zero-order valence-electron chi connectivity index (χ0n) is 20.7. The van der Waals surface area contributed by atoms with Gasteiger partial charge in [0.2, 0.25) is 0 Å². The molecule has 10 heteroatoms. The van der Waals surface area contributed by atoms with Gasteiger partial charge in [-0.3, -0.25) is 14.6 Å². The predicted octanol–water partition coefficient (Wildman–Crippen LogP) is 5.57. The Hall–Kier alpha value is -3.21. The number of benzene rings is 2. The van der Waals surface area contributed by atoms with Crippen LogP contribution < -0.4 is 5.32 Å². The van der Waals surface area contributed by atoms with Crippen molar-refractivity contribution in [3.63, 3.8) is 0 Å². The van der Waals surface area contributed by atoms with E-state index in [4.69, 9.17) is 9.90 Å². The summed E-state index contributed by atoms with van der Waals surface area (Å²) in [5.74, 6) is -2.80. The van der Waals surface area contributed by atoms with Gasteiger partial charge in [-0.15, -0.1) is 11.3 Å². The van der Waals surface area contributed by atoms with Gasteiger partial charge < -0.3 is 10.4 Å². The number of aliphatic carboxylic acids is 1. The lowest BCUT2D eigenvalue weighted by Crippen LogP contribution is -2.45. The molecule has 37 heavy (non-hydrogen) atoms. The van der Waals surface area contributed by atoms with Gasteiger partial charge in [-0.05, 0) is 59.7 Å². The van der Waals surface area contributed by atoms with Crippen LogP contribution in [0.15, 0.2) is 60.0 Å². The molecule has 1 saturated heterocycles. The zero-order valence-corrected chi connectivity index (χ0v) is 21.5. The summed E-state index contributed by atoms with van der Waals surface area (Å²) in [7, 11) is 0. The minimum absolute atomic E-state index is 0.0397. The van der Waals surface area contributed by atoms with E-state index in [-0.39, 0.29) is 5.91 Å². The van der Waals surface area contributed by atoms with Crippen molar-refractivity contribution in [3.8, 4) is 0 Å². The van der Waals surface area contributed by atoms with E-state index in [0.29, 0.717) is 0 Å². The average molecular weight is 534 g/mol. The maximum absolute atomic E-state index is 12.3. The molecule has 0 aliphatic carbocycles. The Bertz CT molecular complexity index is 1190. The molecular formula is C27H30F3N3O3S. The van der Waals surface area contributed by atoms with Gasteiger partial charge in [-0.2, -0.15) is 13.2 Å². The van der Waals surface area contributed by atoms with Crippen LogP contribution in [-0.2, 0) is 17.9 Å². The summed E-state index contributed by atoms with van der Waals surface area (Å²) in [5.41, 5.74) is 6.23. The normalized spacial score (nSPS) is 14.5. The number of carboxylic acid groups (broad SMARTS) is 1. The lowest BCUT2D eigenvalue weighted by Gasteiger charge is -2.35. The second-order valence-corrected chi connectivity index (χ2v) is 9.85. The number of carbonyl (C=O) groups is 2. The van der Waals surface area contributed by atoms with Crippen molar-refractivity contribution in [2.24, 2.45) is 0 Å². The Kier molecular flexibility index (Phi) is 9.85. The molecule has 1 amide bonds. The Morgan fingerprint density at radius 1 is 0.892 bits per heavy atom. The van der Waals surface area contributed by atoms with Crippen LogP contribution in [0.5, 0.6) is 0 Å². The number of amides is 1. The molecule has 1 fully saturated rings. The lowest BCUT2D eigenvalue weighted by atomic mass is 10.1. The van der Waals surface area contributed by atoms with Crippen LogP contribution in [0.25, 0.3) is 0 Å². The minimum Gasteiger partial charge on any atom is -0.475 e. The molecule has 4 rings (SSSR count). The smallest absolute Gasteiger partial charge is 0.475 e. The van der Waals surface area contributed by atoms with Gasteiger partial charge in [-0.1, -0.05) is 36.4 Å². The highest BCUT2D eigenvalue weighted by Crippen LogP contribution is 2.18. The number of hydrogen-bond acceptors (Lipinski definition) is 5. The predicted molar refractivity (Wildman–Crippen MR) is 139 cm³/mol. The number of halogens is 3. The number of alkyl halides is 3. The highest BCUT2D eigenvalue weighted by Gasteiger charge is 2.38. The number of hydrogen-bond donors (Lipinski definition) is 2. The van der Waals surface area contributed by atoms with Gasteiger partial charge >= 0.3 is 12.1 Å². The van der Waals surface area contributed by atoms with Crippen molar-refractivity contribution < 1.29 is 27.9 Å². The molecule has 1 aliphatic heterocycles. The third kappa shape index (κ3) is 8.99. The molecule has 3 aromatic rings. The van der Waals surface area contributed by atoms with E-state index in [1.54, 1.807) is 0 Å². The van der Waals surface area contributed by atoms with E-state index in [2.05, 4.69) is 59.3 Å². The maximum atomic E-state index is 12.3. The summed E-state index contributed by atoms with van der Waals surface area (Å²) in [6.07, 6.45) is -5.08. The second kappa shape index (κ2) is 12.8. The molecule has 1 aliphatic rings. The Balaban J connectivity index is 0.000000479. The Morgan fingerprint density at radius 2 is 1.49 bits per heavy atom. The second-order valence-electron chi connectivity index (χ2n) is 8.91. The van der Waals surface area contributed by atoms with Crippen molar-refractivity contribution >= 4 is 28.9 Å². The molecule has 2 aromatic carbocycles. The molecule has 0 saturated carbocycles. The minimum atomic E-state index is -5.08. The van der Waals surface area contributed by atoms with E-state index in [1.165, 1.54) is 33.6 Å². The molecule has 2 heterocycles. The first-order valence-electron chi connectivity index (χ1n) is 11.8. The topological polar surface area (TPSA) is 72.9 Å². The molecule has 0 bridgehead atoms. The highest BCUT2D eigenvalue weighted by molar-refractivity contribution is 7.12. The van der Waals surface area contributed by atoms with Crippen molar-refractivity contribution in [2.75, 3.05) is 31.5 Å². The van der Waals surface area contributed by atoms with E-state index < -0.39 is 12.1 Å². The van der Waals surface area contributed by atoms with Gasteiger partial charge in [0, 0.05) is 45.0 Å². The first-order chi connectivity index (χ1) is 17.5. The van der Waals surface area contributed by atoms with E-state index in [0.717, 1.165) is 49.8 Å². The fourth-order valence-electron chi connectivity index (χ4n) is 3.87. The molecule has 0 unspecified atom stereocenters. The largest absolute Gasteiger partial charge is 0.490 e. The van der Waals surface area contributed by atoms with E-state index in [9.17, 15) is 18.0 Å². The number of piperazine rings is 1. The first kappa shape index (κ1) is 28.4. The standard InChI is InChI=1S/C25H29N3OS.C2HF3O2/c1-19-8-9-22(15-20(19)2)18-28-12-10-27(11-13-28)17-21-5-3-6-23(16-21)26-25(29)24-7-4-14-30-24;3-2(4,5)1(6)7/h3-9,14-16H,10-13,17-18H2,1-2H3,(H,26,29);(H,6,7). The number of nitrogens with zero attached hydrogens (tertiary/aromatic N) is 2. The molecule has 6 nitrogen and oxygen atoms in total. The van der Waals surface area contributed by atoms with Crippen LogP contribution in [0.1, 0.15) is 31.9 Å².